The van der Waals surface area contributed by atoms with Crippen molar-refractivity contribution in [2.24, 2.45) is 0 Å². The molecule has 6 heteroatoms. The third kappa shape index (κ3) is 3.01. The van der Waals surface area contributed by atoms with Crippen molar-refractivity contribution in [2.75, 3.05) is 25.6 Å². The van der Waals surface area contributed by atoms with Crippen molar-refractivity contribution in [3.63, 3.8) is 0 Å². The number of nitrogens with two attached hydrogens (primary N) is 1. The highest BCUT2D eigenvalue weighted by molar-refractivity contribution is 5.92. The lowest BCUT2D eigenvalue weighted by atomic mass is 10.3. The van der Waals surface area contributed by atoms with Crippen LogP contribution in [0.4, 0.5) is 5.82 Å². The topological polar surface area (TPSA) is 79.4 Å². The lowest BCUT2D eigenvalue weighted by molar-refractivity contribution is 0.0521. The van der Waals surface area contributed by atoms with E-state index in [0.717, 1.165) is 0 Å². The molecule has 2 N–H and O–H groups in total. The summed E-state index contributed by atoms with van der Waals surface area (Å²) in [5.74, 6) is 0.529. The van der Waals surface area contributed by atoms with Crippen LogP contribution in [0.1, 0.15) is 43.1 Å². The maximum absolute atomic E-state index is 11.7. The third-order valence-corrected chi connectivity index (χ3v) is 2.60. The number of carbonyl (C=O) groups excluding carboxylic acids is 1. The number of hydrogen-bond donors (Lipinski definition) is 1. The van der Waals surface area contributed by atoms with E-state index >= 15 is 0 Å². The Kier molecular flexibility index (Phi) is 5.15. The first-order valence-electron chi connectivity index (χ1n) is 6.12. The number of anilines is 1. The first-order valence-corrected chi connectivity index (χ1v) is 6.12. The van der Waals surface area contributed by atoms with Crippen molar-refractivity contribution >= 4 is 11.8 Å². The average Bonchev–Trinajstić information content (AvgIpc) is 2.62. The normalized spacial score (nSPS) is 12.4. The molecule has 0 aliphatic rings. The van der Waals surface area contributed by atoms with Gasteiger partial charge < -0.3 is 19.8 Å². The average molecular weight is 255 g/mol. The van der Waals surface area contributed by atoms with Gasteiger partial charge in [0.1, 0.15) is 11.6 Å². The van der Waals surface area contributed by atoms with Crippen molar-refractivity contribution in [3.8, 4) is 0 Å². The van der Waals surface area contributed by atoms with Gasteiger partial charge in [0, 0.05) is 6.61 Å². The molecule has 1 unspecified atom stereocenters. The highest BCUT2D eigenvalue weighted by Crippen LogP contribution is 2.21. The summed E-state index contributed by atoms with van der Waals surface area (Å²) in [6.07, 6.45) is 0. The highest BCUT2D eigenvalue weighted by atomic mass is 16.5. The van der Waals surface area contributed by atoms with Crippen molar-refractivity contribution < 1.29 is 14.3 Å². The lowest BCUT2D eigenvalue weighted by Crippen LogP contribution is -2.16. The van der Waals surface area contributed by atoms with Crippen LogP contribution in [-0.4, -0.2) is 35.3 Å². The zero-order chi connectivity index (χ0) is 13.7. The fourth-order valence-electron chi connectivity index (χ4n) is 1.83. The Morgan fingerprint density at radius 2 is 2.11 bits per heavy atom. The summed E-state index contributed by atoms with van der Waals surface area (Å²) in [7, 11) is 0. The summed E-state index contributed by atoms with van der Waals surface area (Å²) in [6.45, 7) is 8.93. The Balaban J connectivity index is 2.96. The van der Waals surface area contributed by atoms with Gasteiger partial charge in [0.05, 0.1) is 19.3 Å². The molecular formula is C12H21N3O3. The van der Waals surface area contributed by atoms with Gasteiger partial charge in [-0.05, 0) is 27.7 Å². The number of nitrogens with zero attached hydrogens (tertiary/aromatic N) is 2. The van der Waals surface area contributed by atoms with E-state index in [1.54, 1.807) is 11.5 Å². The molecule has 18 heavy (non-hydrogen) atoms. The summed E-state index contributed by atoms with van der Waals surface area (Å²) in [4.78, 5) is 15.8. The maximum atomic E-state index is 11.7. The molecule has 1 aromatic rings. The van der Waals surface area contributed by atoms with Gasteiger partial charge in [0.2, 0.25) is 0 Å². The summed E-state index contributed by atoms with van der Waals surface area (Å²) in [6, 6.07) is 0.0284. The molecule has 1 atom stereocenters. The van der Waals surface area contributed by atoms with E-state index in [1.165, 1.54) is 0 Å². The molecule has 6 nitrogen and oxygen atoms in total. The summed E-state index contributed by atoms with van der Waals surface area (Å²) in [5.41, 5.74) is 6.13. The number of aryl methyl sites for hydroxylation is 1. The molecule has 1 rings (SSSR count). The number of aromatic nitrogens is 2. The minimum atomic E-state index is -0.486. The number of nitrogen functional groups attached to an aromatic ring is 1. The molecule has 0 saturated heterocycles. The number of hydrogen-bond acceptors (Lipinski definition) is 5. The predicted molar refractivity (Wildman–Crippen MR) is 68.5 cm³/mol. The van der Waals surface area contributed by atoms with Crippen molar-refractivity contribution in [2.45, 2.75) is 33.7 Å². The van der Waals surface area contributed by atoms with Crippen LogP contribution < -0.4 is 5.73 Å². The zero-order valence-electron chi connectivity index (χ0n) is 11.4. The SMILES string of the molecule is CCOCC(C)n1c(C)nc(C(=O)OCC)c1N. The number of carbonyl (C=O) groups is 1. The largest absolute Gasteiger partial charge is 0.461 e. The summed E-state index contributed by atoms with van der Waals surface area (Å²) in [5, 5.41) is 0. The third-order valence-electron chi connectivity index (χ3n) is 2.60. The highest BCUT2D eigenvalue weighted by Gasteiger charge is 2.22. The fourth-order valence-corrected chi connectivity index (χ4v) is 1.83. The van der Waals surface area contributed by atoms with Gasteiger partial charge in [-0.2, -0.15) is 0 Å². The quantitative estimate of drug-likeness (QED) is 0.780. The van der Waals surface area contributed by atoms with Gasteiger partial charge in [-0.1, -0.05) is 0 Å². The molecule has 0 aliphatic carbocycles. The smallest absolute Gasteiger partial charge is 0.360 e. The first kappa shape index (κ1) is 14.5. The molecule has 0 aliphatic heterocycles. The van der Waals surface area contributed by atoms with Gasteiger partial charge in [-0.3, -0.25) is 0 Å². The second kappa shape index (κ2) is 6.39. The van der Waals surface area contributed by atoms with E-state index in [9.17, 15) is 4.79 Å². The maximum Gasteiger partial charge on any atom is 0.360 e. The van der Waals surface area contributed by atoms with Crippen molar-refractivity contribution in [1.82, 2.24) is 9.55 Å². The van der Waals surface area contributed by atoms with Crippen LogP contribution in [0.2, 0.25) is 0 Å². The van der Waals surface area contributed by atoms with Crippen LogP contribution >= 0.6 is 0 Å². The second-order valence-corrected chi connectivity index (χ2v) is 3.99. The molecule has 0 fully saturated rings. The molecular weight excluding hydrogens is 234 g/mol. The molecule has 0 saturated carbocycles. The van der Waals surface area contributed by atoms with E-state index in [0.29, 0.717) is 31.5 Å². The van der Waals surface area contributed by atoms with E-state index in [-0.39, 0.29) is 11.7 Å². The Hall–Kier alpha value is -1.56. The number of imidazole rings is 1. The minimum Gasteiger partial charge on any atom is -0.461 e. The van der Waals surface area contributed by atoms with Crippen LogP contribution in [0, 0.1) is 6.92 Å². The van der Waals surface area contributed by atoms with E-state index in [2.05, 4.69) is 4.98 Å². The molecule has 1 aromatic heterocycles. The van der Waals surface area contributed by atoms with E-state index < -0.39 is 5.97 Å². The van der Waals surface area contributed by atoms with Gasteiger partial charge in [-0.15, -0.1) is 0 Å². The lowest BCUT2D eigenvalue weighted by Gasteiger charge is -2.16. The zero-order valence-corrected chi connectivity index (χ0v) is 11.4. The fraction of sp³-hybridized carbons (Fsp3) is 0.667. The molecule has 0 radical (unpaired) electrons. The van der Waals surface area contributed by atoms with Crippen molar-refractivity contribution in [3.05, 3.63) is 11.5 Å². The molecule has 0 aromatic carbocycles. The molecule has 1 heterocycles. The van der Waals surface area contributed by atoms with Crippen LogP contribution in [-0.2, 0) is 9.47 Å². The number of esters is 1. The van der Waals surface area contributed by atoms with Crippen LogP contribution in [0.3, 0.4) is 0 Å². The Labute approximate surface area is 107 Å². The standard InChI is InChI=1S/C12H21N3O3/c1-5-17-7-8(3)15-9(4)14-10(11(15)13)12(16)18-6-2/h8H,5-7,13H2,1-4H3. The summed E-state index contributed by atoms with van der Waals surface area (Å²) < 4.78 is 12.1. The molecule has 0 bridgehead atoms. The van der Waals surface area contributed by atoms with Crippen LogP contribution in [0.5, 0.6) is 0 Å². The molecule has 102 valence electrons. The summed E-state index contributed by atoms with van der Waals surface area (Å²) >= 11 is 0. The van der Waals surface area contributed by atoms with Gasteiger partial charge in [0.15, 0.2) is 5.69 Å². The first-order chi connectivity index (χ1) is 8.52. The van der Waals surface area contributed by atoms with Gasteiger partial charge in [-0.25, -0.2) is 9.78 Å². The Morgan fingerprint density at radius 3 is 2.67 bits per heavy atom. The van der Waals surface area contributed by atoms with Crippen molar-refractivity contribution in [1.29, 1.82) is 0 Å². The Morgan fingerprint density at radius 1 is 1.44 bits per heavy atom. The van der Waals surface area contributed by atoms with Gasteiger partial charge in [0.25, 0.3) is 0 Å². The predicted octanol–water partition coefficient (Wildman–Crippen LogP) is 1.55. The van der Waals surface area contributed by atoms with Gasteiger partial charge >= 0.3 is 5.97 Å². The van der Waals surface area contributed by atoms with Crippen LogP contribution in [0.25, 0.3) is 0 Å². The Bertz CT molecular complexity index is 415. The molecule has 0 amide bonds. The molecule has 0 spiro atoms. The monoisotopic (exact) mass is 255 g/mol. The number of ether oxygens (including phenoxy) is 2. The van der Waals surface area contributed by atoms with E-state index in [1.807, 2.05) is 20.8 Å². The second-order valence-electron chi connectivity index (χ2n) is 3.99. The van der Waals surface area contributed by atoms with Crippen LogP contribution in [0.15, 0.2) is 0 Å². The van der Waals surface area contributed by atoms with E-state index in [4.69, 9.17) is 15.2 Å². The number of rotatable bonds is 6. The minimum absolute atomic E-state index is 0.0284.